The second-order valence-electron chi connectivity index (χ2n) is 40.5. The van der Waals surface area contributed by atoms with E-state index in [9.17, 15) is 0 Å². The SMILES string of the molecule is C1#Cc2ccccc2C#Cc2ccccc21.[N-]=[N+]=NC12CC3CC(CC(C3)C1)C2.c1ccc2c(c1)-c1nnn(C34CC5CC(CC(C5)C3)C4)c1-c1ccccc1-c1c-2nnn1C12CC3CC(CC(C3)C1)C2.c1ccc2c(c1)-c1nnn(C34CC5CC(CC(C5)C3)C4)c1-c1ccccc1-c1nnn(C34CC5CC(CC(C5)C3)C4)c1-2. The van der Waals surface area contributed by atoms with E-state index < -0.39 is 0 Å². The molecule has 0 amide bonds. The van der Waals surface area contributed by atoms with Crippen LogP contribution < -0.4 is 0 Å². The van der Waals surface area contributed by atoms with Gasteiger partial charge in [0.25, 0.3) is 0 Å². The largest absolute Gasteiger partial charge is 0.238 e. The van der Waals surface area contributed by atoms with E-state index in [0.717, 1.165) is 145 Å². The molecule has 20 saturated carbocycles. The van der Waals surface area contributed by atoms with Gasteiger partial charge in [-0.15, -0.1) is 20.4 Å². The molecule has 20 bridgehead atoms. The van der Waals surface area contributed by atoms with Gasteiger partial charge in [-0.2, -0.15) is 0 Å². The van der Waals surface area contributed by atoms with Crippen molar-refractivity contribution in [2.75, 3.05) is 0 Å². The number of nitrogens with zero attached hydrogens (tertiary/aromatic N) is 15. The normalized spacial score (nSPS) is 35.7. The van der Waals surface area contributed by atoms with E-state index in [0.29, 0.717) is 0 Å². The maximum absolute atomic E-state index is 8.58. The highest BCUT2D eigenvalue weighted by Crippen LogP contribution is 2.66. The summed E-state index contributed by atoms with van der Waals surface area (Å²) in [6.45, 7) is 0. The van der Waals surface area contributed by atoms with Gasteiger partial charge >= 0.3 is 0 Å². The summed E-state index contributed by atoms with van der Waals surface area (Å²) in [7, 11) is 0. The topological polar surface area (TPSA) is 172 Å². The lowest BCUT2D eigenvalue weighted by Crippen LogP contribution is -2.52. The number of benzene rings is 6. The Bertz CT molecular complexity index is 5210. The molecule has 0 saturated heterocycles. The molecular formula is C98H99N15. The minimum Gasteiger partial charge on any atom is -0.238 e. The van der Waals surface area contributed by atoms with Gasteiger partial charge in [0.1, 0.15) is 22.8 Å². The Hall–Kier alpha value is -9.69. The van der Waals surface area contributed by atoms with Crippen molar-refractivity contribution in [1.29, 1.82) is 0 Å². The minimum atomic E-state index is 0.0590. The van der Waals surface area contributed by atoms with Crippen LogP contribution in [0, 0.1) is 112 Å². The van der Waals surface area contributed by atoms with Crippen molar-refractivity contribution in [3.8, 4) is 114 Å². The average molecular weight is 1490 g/mol. The van der Waals surface area contributed by atoms with Crippen LogP contribution in [0.2, 0.25) is 0 Å². The van der Waals surface area contributed by atoms with Crippen LogP contribution >= 0.6 is 0 Å². The first-order chi connectivity index (χ1) is 55.5. The van der Waals surface area contributed by atoms with Gasteiger partial charge in [0.2, 0.25) is 0 Å². The Morgan fingerprint density at radius 1 is 0.257 bits per heavy atom. The van der Waals surface area contributed by atoms with E-state index in [2.05, 4.69) is 149 Å². The monoisotopic (exact) mass is 1490 g/mol. The fourth-order valence-electron chi connectivity index (χ4n) is 31.0. The summed E-state index contributed by atoms with van der Waals surface area (Å²) >= 11 is 0. The molecule has 0 aliphatic heterocycles. The fraction of sp³-hybridized carbons (Fsp3) is 0.510. The van der Waals surface area contributed by atoms with Crippen LogP contribution in [-0.4, -0.2) is 65.5 Å². The van der Waals surface area contributed by atoms with Gasteiger partial charge in [-0.25, -0.2) is 18.7 Å². The summed E-state index contributed by atoms with van der Waals surface area (Å²) in [4.78, 5) is 3.05. The molecule has 4 aromatic heterocycles. The summed E-state index contributed by atoms with van der Waals surface area (Å²) in [5, 5.41) is 44.9. The van der Waals surface area contributed by atoms with Gasteiger partial charge in [-0.1, -0.05) is 171 Å². The van der Waals surface area contributed by atoms with Crippen LogP contribution in [0.15, 0.2) is 151 Å². The Morgan fingerprint density at radius 3 is 0.646 bits per heavy atom. The highest BCUT2D eigenvalue weighted by atomic mass is 15.5. The molecule has 0 spiro atoms. The van der Waals surface area contributed by atoms with Crippen LogP contribution in [0.5, 0.6) is 0 Å². The second-order valence-corrected chi connectivity index (χ2v) is 40.5. The molecule has 113 heavy (non-hydrogen) atoms. The smallest absolute Gasteiger partial charge is 0.121 e. The van der Waals surface area contributed by atoms with E-state index in [4.69, 9.17) is 46.8 Å². The van der Waals surface area contributed by atoms with Crippen molar-refractivity contribution >= 4 is 0 Å². The number of aromatic nitrogens is 12. The van der Waals surface area contributed by atoms with E-state index >= 15 is 0 Å². The van der Waals surface area contributed by atoms with Crippen LogP contribution in [0.4, 0.5) is 0 Å². The van der Waals surface area contributed by atoms with Crippen molar-refractivity contribution in [2.24, 2.45) is 93.9 Å². The average Bonchev–Trinajstić information content (AvgIpc) is 1.42. The molecule has 0 unspecified atom stereocenters. The summed E-state index contributed by atoms with van der Waals surface area (Å²) < 4.78 is 9.76. The number of azide groups is 1. The fourth-order valence-corrected chi connectivity index (χ4v) is 31.0. The molecule has 0 radical (unpaired) electrons. The van der Waals surface area contributed by atoms with Crippen LogP contribution in [-0.2, 0) is 22.2 Å². The molecular weight excluding hydrogens is 1390 g/mol. The zero-order valence-corrected chi connectivity index (χ0v) is 64.9. The third-order valence-corrected chi connectivity index (χ3v) is 33.0. The van der Waals surface area contributed by atoms with E-state index in [1.807, 2.05) is 48.5 Å². The molecule has 6 aromatic carbocycles. The van der Waals surface area contributed by atoms with E-state index in [-0.39, 0.29) is 27.7 Å². The Balaban J connectivity index is 0.0000000949. The molecule has 0 atom stereocenters. The van der Waals surface area contributed by atoms with Gasteiger partial charge in [0.15, 0.2) is 0 Å². The summed E-state index contributed by atoms with van der Waals surface area (Å²) in [6.07, 6.45) is 40.0. The highest BCUT2D eigenvalue weighted by molar-refractivity contribution is 6.01. The minimum absolute atomic E-state index is 0.0590. The van der Waals surface area contributed by atoms with Gasteiger partial charge in [-0.3, -0.25) is 0 Å². The van der Waals surface area contributed by atoms with Crippen LogP contribution in [0.3, 0.4) is 0 Å². The van der Waals surface area contributed by atoms with Gasteiger partial charge < -0.3 is 0 Å². The van der Waals surface area contributed by atoms with Crippen molar-refractivity contribution in [2.45, 2.75) is 220 Å². The van der Waals surface area contributed by atoms with E-state index in [1.54, 1.807) is 0 Å². The molecule has 15 nitrogen and oxygen atoms in total. The standard InChI is InChI=1S/2C36H38N6.C16H8.C10H15N3/c1-3-7-29-27(5-1)31-34(42(39-37-31)36-18-24-12-25(19-36)14-26(13-24)20-36)30-8-4-2-6-28(30)32-33(29)41(40-38-32)35-15-21-9-22(16-35)11-23(10-21)17-35;1-2-6-28-27(5-1)31-33(41(39-37-31)35-15-21-9-22(16-35)11-23(10-21)17-35)29-7-3-4-8-30(29)34-32(28)38-40-42(34)36-18-24-12-25(19-36)14-26(13-24)20-36;1-2-6-14-11-12-16-8-4-3-7-15(16)10-9-13(14)5-1;11-13-12-10-4-7-1-8(5-10)3-9(2-7)6-10/h2*1-8,21-26H,9-20H2;1-8H;7-9H,1-6H2. The Morgan fingerprint density at radius 2 is 0.434 bits per heavy atom. The molecule has 4 heterocycles. The first-order valence-electron chi connectivity index (χ1n) is 44.0. The molecule has 23 aliphatic carbocycles. The number of hydrogen-bond acceptors (Lipinski definition) is 9. The molecule has 33 rings (SSSR count). The molecule has 566 valence electrons. The van der Waals surface area contributed by atoms with Crippen LogP contribution in [0.25, 0.3) is 101 Å². The first-order valence-corrected chi connectivity index (χ1v) is 44.0. The second kappa shape index (κ2) is 24.9. The molecule has 15 heteroatoms. The highest BCUT2D eigenvalue weighted by Gasteiger charge is 2.59. The third-order valence-electron chi connectivity index (χ3n) is 33.0. The molecule has 10 aromatic rings. The lowest BCUT2D eigenvalue weighted by Gasteiger charge is -2.57. The predicted octanol–water partition coefficient (Wildman–Crippen LogP) is 21.5. The number of rotatable bonds is 5. The first kappa shape index (κ1) is 66.7. The third kappa shape index (κ3) is 10.5. The van der Waals surface area contributed by atoms with Gasteiger partial charge in [-0.05, 0) is 311 Å². The van der Waals surface area contributed by atoms with Gasteiger partial charge in [0, 0.05) is 77.2 Å². The van der Waals surface area contributed by atoms with Crippen molar-refractivity contribution < 1.29 is 0 Å². The Kier molecular flexibility index (Phi) is 14.7. The van der Waals surface area contributed by atoms with Crippen molar-refractivity contribution in [3.05, 3.63) is 178 Å². The summed E-state index contributed by atoms with van der Waals surface area (Å²) in [5.41, 5.74) is 31.7. The predicted molar refractivity (Wildman–Crippen MR) is 437 cm³/mol. The maximum Gasteiger partial charge on any atom is 0.121 e. The number of fused-ring (bicyclic) bond motifs is 18. The summed E-state index contributed by atoms with van der Waals surface area (Å²) in [6, 6.07) is 51.8. The van der Waals surface area contributed by atoms with Crippen molar-refractivity contribution in [3.63, 3.8) is 0 Å². The van der Waals surface area contributed by atoms with Crippen molar-refractivity contribution in [1.82, 2.24) is 60.0 Å². The quantitative estimate of drug-likeness (QED) is 0.0709. The lowest BCUT2D eigenvalue weighted by atomic mass is 9.53. The Labute approximate surface area is 662 Å². The maximum atomic E-state index is 8.58. The molecule has 23 aliphatic rings. The number of hydrogen-bond donors (Lipinski definition) is 0. The van der Waals surface area contributed by atoms with Crippen LogP contribution in [0.1, 0.15) is 215 Å². The zero-order chi connectivity index (χ0) is 74.1. The molecule has 0 N–H and O–H groups in total. The van der Waals surface area contributed by atoms with E-state index in [1.165, 1.54) is 249 Å². The summed E-state index contributed by atoms with van der Waals surface area (Å²) in [5.74, 6) is 25.5. The van der Waals surface area contributed by atoms with Gasteiger partial charge in [0.05, 0.1) is 44.9 Å². The lowest BCUT2D eigenvalue weighted by molar-refractivity contribution is -0.0496. The zero-order valence-electron chi connectivity index (χ0n) is 64.9. The molecule has 20 fully saturated rings.